The molecule has 3 aliphatic rings. The minimum Gasteiger partial charge on any atom is -0.480 e. The number of aryl methyl sites for hydroxylation is 1. The Kier molecular flexibility index (Phi) is 14.7. The van der Waals surface area contributed by atoms with Crippen molar-refractivity contribution in [2.24, 2.45) is 5.73 Å². The van der Waals surface area contributed by atoms with Gasteiger partial charge in [0.1, 0.15) is 49.4 Å². The highest BCUT2D eigenvalue weighted by Crippen LogP contribution is 2.42. The van der Waals surface area contributed by atoms with Crippen molar-refractivity contribution in [3.8, 4) is 17.1 Å². The number of aliphatic hydroxyl groups excluding tert-OH is 2. The molecule has 1 amide bonds. The number of esters is 2. The SMILES string of the molecule is CCc1c2c(nc3ccccc13)-c1cc3c(c(=O)n1C2)COC(=O)[C@@]3(CC)OC(=O)C(C)NC(=O)[C@H](CCCCN)NC(=S)Nc1ccc(OC2OC(C)C(O)C(OCC(=O)O)C2O)cc1. The van der Waals surface area contributed by atoms with Crippen LogP contribution in [-0.2, 0) is 63.3 Å². The average molecular weight is 931 g/mol. The van der Waals surface area contributed by atoms with Crippen LogP contribution < -0.4 is 32.0 Å². The van der Waals surface area contributed by atoms with E-state index in [0.29, 0.717) is 49.4 Å². The van der Waals surface area contributed by atoms with Crippen molar-refractivity contribution in [2.45, 2.75) is 121 Å². The molecule has 8 atom stereocenters. The number of carboxylic acids is 1. The first-order valence-corrected chi connectivity index (χ1v) is 22.3. The van der Waals surface area contributed by atoms with E-state index in [-0.39, 0.29) is 47.0 Å². The molecule has 1 fully saturated rings. The molecule has 3 aliphatic heterocycles. The summed E-state index contributed by atoms with van der Waals surface area (Å²) in [6.45, 7) is 6.29. The molecule has 8 N–H and O–H groups in total. The van der Waals surface area contributed by atoms with Gasteiger partial charge in [-0.3, -0.25) is 9.59 Å². The third kappa shape index (κ3) is 9.60. The van der Waals surface area contributed by atoms with Gasteiger partial charge < -0.3 is 65.3 Å². The Morgan fingerprint density at radius 1 is 1.05 bits per heavy atom. The Balaban J connectivity index is 1.02. The van der Waals surface area contributed by atoms with Gasteiger partial charge in [-0.25, -0.2) is 19.4 Å². The molecule has 4 aromatic rings. The second-order valence-corrected chi connectivity index (χ2v) is 16.9. The summed E-state index contributed by atoms with van der Waals surface area (Å²) in [5.41, 5.74) is 8.16. The standard InChI is InChI=1S/C46H54N6O13S/c1-5-27-28-11-7-8-12-32(28)50-36-29(27)20-52-34(36)19-31-30(41(52)58)21-62-44(60)46(31,6-2)65-42(59)23(3)48-40(57)33(13-9-10-18-47)51-45(66)49-25-14-16-26(17-15-25)64-43-38(56)39(61-22-35(53)54)37(55)24(4)63-43/h7-8,11-12,14-17,19,23-24,33,37-39,43,55-56H,5-6,9-10,13,18,20-22,47H2,1-4H3,(H,48,57)(H,53,54)(H2,49,51,66)/t23?,24?,33-,37?,38?,39?,43?,46-/m0/s1. The lowest BCUT2D eigenvalue weighted by molar-refractivity contribution is -0.276. The van der Waals surface area contributed by atoms with E-state index in [1.807, 2.05) is 31.2 Å². The number of thiocarbonyl (C=S) groups is 1. The third-order valence-corrected chi connectivity index (χ3v) is 12.4. The molecule has 6 unspecified atom stereocenters. The number of rotatable bonds is 17. The molecule has 0 radical (unpaired) electrons. The van der Waals surface area contributed by atoms with Crippen LogP contribution >= 0.6 is 12.2 Å². The maximum absolute atomic E-state index is 14.2. The van der Waals surface area contributed by atoms with Gasteiger partial charge in [-0.15, -0.1) is 0 Å². The van der Waals surface area contributed by atoms with E-state index in [0.717, 1.165) is 22.0 Å². The van der Waals surface area contributed by atoms with E-state index in [1.165, 1.54) is 13.8 Å². The number of nitrogens with one attached hydrogen (secondary N) is 3. The number of aromatic nitrogens is 2. The van der Waals surface area contributed by atoms with Gasteiger partial charge in [0.15, 0.2) is 5.11 Å². The maximum atomic E-state index is 14.2. The van der Waals surface area contributed by atoms with Gasteiger partial charge in [0.05, 0.1) is 35.1 Å². The number of aliphatic hydroxyl groups is 2. The van der Waals surface area contributed by atoms with Crippen molar-refractivity contribution >= 4 is 57.7 Å². The minimum absolute atomic E-state index is 0.0632. The molecule has 5 heterocycles. The molecule has 19 nitrogen and oxygen atoms in total. The van der Waals surface area contributed by atoms with Crippen molar-refractivity contribution in [1.29, 1.82) is 0 Å². The highest BCUT2D eigenvalue weighted by molar-refractivity contribution is 7.80. The number of carboxylic acid groups (broad SMARTS) is 1. The van der Waals surface area contributed by atoms with Crippen molar-refractivity contribution in [2.75, 3.05) is 18.5 Å². The monoisotopic (exact) mass is 930 g/mol. The van der Waals surface area contributed by atoms with Crippen LogP contribution in [0.15, 0.2) is 59.4 Å². The molecule has 2 aromatic heterocycles. The summed E-state index contributed by atoms with van der Waals surface area (Å²) in [6.07, 6.45) is -4.13. The summed E-state index contributed by atoms with van der Waals surface area (Å²) >= 11 is 5.56. The lowest BCUT2D eigenvalue weighted by Crippen LogP contribution is -2.59. The Hall–Kier alpha value is -6.03. The van der Waals surface area contributed by atoms with Crippen molar-refractivity contribution < 1.29 is 58.2 Å². The van der Waals surface area contributed by atoms with Gasteiger partial charge in [0, 0.05) is 22.2 Å². The first kappa shape index (κ1) is 47.9. The number of cyclic esters (lactones) is 1. The topological polar surface area (TPSA) is 272 Å². The summed E-state index contributed by atoms with van der Waals surface area (Å²) in [5, 5.41) is 39.9. The average Bonchev–Trinajstić information content (AvgIpc) is 3.66. The second-order valence-electron chi connectivity index (χ2n) is 16.4. The number of unbranched alkanes of at least 4 members (excludes halogenated alkanes) is 1. The number of hydrogen-bond acceptors (Lipinski definition) is 15. The maximum Gasteiger partial charge on any atom is 0.355 e. The quantitative estimate of drug-likeness (QED) is 0.0401. The molecule has 1 saturated heterocycles. The molecule has 0 bridgehead atoms. The van der Waals surface area contributed by atoms with Crippen molar-refractivity contribution in [1.82, 2.24) is 20.2 Å². The number of aliphatic carboxylic acids is 1. The lowest BCUT2D eigenvalue weighted by atomic mass is 9.85. The number of hydrogen-bond donors (Lipinski definition) is 7. The smallest absolute Gasteiger partial charge is 0.355 e. The van der Waals surface area contributed by atoms with Gasteiger partial charge in [-0.05, 0) is 107 Å². The number of nitrogens with two attached hydrogens (primary N) is 1. The van der Waals surface area contributed by atoms with Crippen molar-refractivity contribution in [3.05, 3.63) is 87.2 Å². The number of fused-ring (bicyclic) bond motifs is 5. The van der Waals surface area contributed by atoms with Crippen LogP contribution in [0.4, 0.5) is 5.69 Å². The predicted molar refractivity (Wildman–Crippen MR) is 242 cm³/mol. The Bertz CT molecular complexity index is 2570. The van der Waals surface area contributed by atoms with Crippen LogP contribution in [0, 0.1) is 0 Å². The molecule has 0 aliphatic carbocycles. The minimum atomic E-state index is -1.99. The Labute approximate surface area is 384 Å². The number of carbonyl (C=O) groups excluding carboxylic acids is 3. The summed E-state index contributed by atoms with van der Waals surface area (Å²) < 4.78 is 29.8. The number of amides is 1. The number of para-hydroxylation sites is 1. The fourth-order valence-corrected chi connectivity index (χ4v) is 8.86. The molecule has 20 heteroatoms. The number of benzene rings is 2. The van der Waals surface area contributed by atoms with Gasteiger partial charge in [-0.2, -0.15) is 0 Å². The number of ether oxygens (including phenoxy) is 5. The van der Waals surface area contributed by atoms with E-state index in [4.69, 9.17) is 51.7 Å². The van der Waals surface area contributed by atoms with E-state index in [9.17, 15) is 34.2 Å². The number of anilines is 1. The van der Waals surface area contributed by atoms with E-state index in [1.54, 1.807) is 41.8 Å². The van der Waals surface area contributed by atoms with E-state index in [2.05, 4.69) is 16.0 Å². The van der Waals surface area contributed by atoms with Crippen LogP contribution in [0.1, 0.15) is 75.6 Å². The summed E-state index contributed by atoms with van der Waals surface area (Å²) in [7, 11) is 0. The molecular weight excluding hydrogens is 877 g/mol. The van der Waals surface area contributed by atoms with Crippen LogP contribution in [-0.4, -0.2) is 110 Å². The first-order valence-electron chi connectivity index (χ1n) is 21.9. The molecule has 66 heavy (non-hydrogen) atoms. The first-order chi connectivity index (χ1) is 31.6. The molecule has 2 aromatic carbocycles. The molecular formula is C46H54N6O13S. The van der Waals surface area contributed by atoms with Gasteiger partial charge in [0.25, 0.3) is 5.56 Å². The number of nitrogens with zero attached hydrogens (tertiary/aromatic N) is 2. The summed E-state index contributed by atoms with van der Waals surface area (Å²) in [5.74, 6) is -3.37. The normalized spacial score (nSPS) is 22.8. The zero-order chi connectivity index (χ0) is 47.4. The highest BCUT2D eigenvalue weighted by Gasteiger charge is 2.51. The lowest BCUT2D eigenvalue weighted by Gasteiger charge is -2.40. The van der Waals surface area contributed by atoms with E-state index < -0.39 is 78.8 Å². The zero-order valence-electron chi connectivity index (χ0n) is 36.9. The Morgan fingerprint density at radius 3 is 2.48 bits per heavy atom. The number of carbonyl (C=O) groups is 4. The van der Waals surface area contributed by atoms with Crippen molar-refractivity contribution in [3.63, 3.8) is 0 Å². The van der Waals surface area contributed by atoms with Gasteiger partial charge in [-0.1, -0.05) is 32.0 Å². The van der Waals surface area contributed by atoms with Crippen LogP contribution in [0.25, 0.3) is 22.3 Å². The fraction of sp³-hybridized carbons (Fsp3) is 0.457. The van der Waals surface area contributed by atoms with E-state index >= 15 is 0 Å². The largest absolute Gasteiger partial charge is 0.480 e. The third-order valence-electron chi connectivity index (χ3n) is 12.1. The predicted octanol–water partition coefficient (Wildman–Crippen LogP) is 2.50. The van der Waals surface area contributed by atoms with Crippen LogP contribution in [0.5, 0.6) is 5.75 Å². The Morgan fingerprint density at radius 2 is 1.79 bits per heavy atom. The summed E-state index contributed by atoms with van der Waals surface area (Å²) in [4.78, 5) is 71.6. The van der Waals surface area contributed by atoms with Crippen LogP contribution in [0.3, 0.4) is 0 Å². The second kappa shape index (κ2) is 20.2. The van der Waals surface area contributed by atoms with Gasteiger partial charge in [0.2, 0.25) is 17.8 Å². The molecule has 352 valence electrons. The molecule has 7 rings (SSSR count). The van der Waals surface area contributed by atoms with Gasteiger partial charge >= 0.3 is 17.9 Å². The number of pyridine rings is 2. The van der Waals surface area contributed by atoms with Crippen LogP contribution in [0.2, 0.25) is 0 Å². The molecule has 0 spiro atoms. The zero-order valence-corrected chi connectivity index (χ0v) is 37.7. The summed E-state index contributed by atoms with van der Waals surface area (Å²) in [6, 6.07) is 13.6. The molecule has 0 saturated carbocycles. The highest BCUT2D eigenvalue weighted by atomic mass is 32.1. The fourth-order valence-electron chi connectivity index (χ4n) is 8.60.